The Balaban J connectivity index is 1.62. The molecule has 1 fully saturated rings. The van der Waals surface area contributed by atoms with Crippen molar-refractivity contribution in [3.63, 3.8) is 0 Å². The number of benzene rings is 2. The average Bonchev–Trinajstić information content (AvgIpc) is 2.60. The highest BCUT2D eigenvalue weighted by Gasteiger charge is 2.45. The van der Waals surface area contributed by atoms with Crippen LogP contribution in [0.25, 0.3) is 0 Å². The minimum Gasteiger partial charge on any atom is -0.487 e. The number of ether oxygens (including phenoxy) is 1. The van der Waals surface area contributed by atoms with Crippen molar-refractivity contribution >= 4 is 0 Å². The number of hydrogen-bond acceptors (Lipinski definition) is 3. The first kappa shape index (κ1) is 15.7. The Labute approximate surface area is 143 Å². The molecule has 1 aliphatic heterocycles. The van der Waals surface area contributed by atoms with Gasteiger partial charge < -0.3 is 15.2 Å². The van der Waals surface area contributed by atoms with Gasteiger partial charge in [0.1, 0.15) is 11.4 Å². The zero-order valence-corrected chi connectivity index (χ0v) is 13.9. The summed E-state index contributed by atoms with van der Waals surface area (Å²) >= 11 is 0. The molecule has 2 aromatic rings. The molecule has 126 valence electrons. The van der Waals surface area contributed by atoms with Crippen LogP contribution in [0.15, 0.2) is 54.6 Å². The molecule has 0 aromatic heterocycles. The van der Waals surface area contributed by atoms with Gasteiger partial charge in [-0.1, -0.05) is 48.5 Å². The normalized spacial score (nSPS) is 22.3. The van der Waals surface area contributed by atoms with E-state index in [1.165, 1.54) is 17.5 Å². The third kappa shape index (κ3) is 2.94. The van der Waals surface area contributed by atoms with Gasteiger partial charge in [0.2, 0.25) is 0 Å². The third-order valence-electron chi connectivity index (χ3n) is 5.48. The maximum Gasteiger partial charge on any atom is 0.124 e. The van der Waals surface area contributed by atoms with Gasteiger partial charge >= 0.3 is 0 Å². The first-order valence-corrected chi connectivity index (χ1v) is 8.99. The van der Waals surface area contributed by atoms with E-state index in [4.69, 9.17) is 4.74 Å². The van der Waals surface area contributed by atoms with Crippen molar-refractivity contribution in [1.82, 2.24) is 5.32 Å². The Kier molecular flexibility index (Phi) is 4.30. The summed E-state index contributed by atoms with van der Waals surface area (Å²) < 4.78 is 6.34. The average molecular weight is 323 g/mol. The van der Waals surface area contributed by atoms with Gasteiger partial charge in [0, 0.05) is 30.7 Å². The predicted molar refractivity (Wildman–Crippen MR) is 95.0 cm³/mol. The van der Waals surface area contributed by atoms with Crippen molar-refractivity contribution in [3.05, 3.63) is 65.7 Å². The first-order valence-electron chi connectivity index (χ1n) is 8.99. The number of rotatable bonds is 5. The Morgan fingerprint density at radius 3 is 2.54 bits per heavy atom. The molecular formula is C21H25NO2. The predicted octanol–water partition coefficient (Wildman–Crippen LogP) is 4.15. The lowest BCUT2D eigenvalue weighted by Crippen LogP contribution is -2.49. The zero-order chi connectivity index (χ0) is 16.4. The molecular weight excluding hydrogens is 298 g/mol. The quantitative estimate of drug-likeness (QED) is 0.868. The molecule has 1 aliphatic carbocycles. The molecule has 1 unspecified atom stereocenters. The molecule has 3 heteroatoms. The number of para-hydroxylation sites is 1. The molecule has 2 aliphatic rings. The van der Waals surface area contributed by atoms with Gasteiger partial charge in [-0.15, -0.1) is 0 Å². The lowest BCUT2D eigenvalue weighted by molar-refractivity contribution is -0.0383. The summed E-state index contributed by atoms with van der Waals surface area (Å²) in [5.74, 6) is 1.02. The molecule has 3 nitrogen and oxygen atoms in total. The molecule has 4 rings (SSSR count). The molecule has 2 aromatic carbocycles. The maximum atomic E-state index is 9.52. The fraction of sp³-hybridized carbons (Fsp3) is 0.429. The lowest BCUT2D eigenvalue weighted by Gasteiger charge is -2.48. The van der Waals surface area contributed by atoms with Gasteiger partial charge in [0.25, 0.3) is 0 Å². The van der Waals surface area contributed by atoms with E-state index in [0.717, 1.165) is 31.4 Å². The molecule has 0 bridgehead atoms. The van der Waals surface area contributed by atoms with Crippen LogP contribution in [-0.4, -0.2) is 17.3 Å². The van der Waals surface area contributed by atoms with Gasteiger partial charge in [-0.2, -0.15) is 0 Å². The summed E-state index contributed by atoms with van der Waals surface area (Å²) in [4.78, 5) is 0. The topological polar surface area (TPSA) is 41.5 Å². The van der Waals surface area contributed by atoms with Gasteiger partial charge in [-0.3, -0.25) is 0 Å². The highest BCUT2D eigenvalue weighted by atomic mass is 16.5. The molecule has 24 heavy (non-hydrogen) atoms. The van der Waals surface area contributed by atoms with Gasteiger partial charge in [0.05, 0.1) is 0 Å². The van der Waals surface area contributed by atoms with Gasteiger partial charge in [0.15, 0.2) is 0 Å². The summed E-state index contributed by atoms with van der Waals surface area (Å²) in [6, 6.07) is 19.2. The standard InChI is InChI=1S/C21H25NO2/c23-14-11-18(16-7-2-1-3-8-16)22-19-15-21(12-6-13-21)24-20-10-5-4-9-17(19)20/h1-5,7-10,18-19,22-23H,6,11-15H2/t18-,19?/m1/s1. The fourth-order valence-corrected chi connectivity index (χ4v) is 4.05. The van der Waals surface area contributed by atoms with Crippen molar-refractivity contribution in [2.45, 2.75) is 49.8 Å². The zero-order valence-electron chi connectivity index (χ0n) is 13.9. The van der Waals surface area contributed by atoms with Crippen LogP contribution in [0.3, 0.4) is 0 Å². The molecule has 0 amide bonds. The molecule has 1 spiro atoms. The molecule has 2 N–H and O–H groups in total. The van der Waals surface area contributed by atoms with Crippen molar-refractivity contribution in [2.75, 3.05) is 6.61 Å². The molecule has 1 heterocycles. The lowest BCUT2D eigenvalue weighted by atomic mass is 9.72. The molecule has 2 atom stereocenters. The Hall–Kier alpha value is -1.84. The minimum atomic E-state index is 0.0203. The van der Waals surface area contributed by atoms with Crippen LogP contribution < -0.4 is 10.1 Å². The number of aliphatic hydroxyl groups excluding tert-OH is 1. The number of nitrogens with one attached hydrogen (secondary N) is 1. The van der Waals surface area contributed by atoms with Crippen molar-refractivity contribution in [2.24, 2.45) is 0 Å². The minimum absolute atomic E-state index is 0.0203. The number of fused-ring (bicyclic) bond motifs is 1. The summed E-state index contributed by atoms with van der Waals surface area (Å²) in [5.41, 5.74) is 2.50. The van der Waals surface area contributed by atoms with E-state index >= 15 is 0 Å². The van der Waals surface area contributed by atoms with E-state index in [9.17, 15) is 5.11 Å². The van der Waals surface area contributed by atoms with Crippen LogP contribution >= 0.6 is 0 Å². The molecule has 0 saturated heterocycles. The van der Waals surface area contributed by atoms with Crippen LogP contribution in [0.5, 0.6) is 5.75 Å². The highest BCUT2D eigenvalue weighted by molar-refractivity contribution is 5.39. The SMILES string of the molecule is OCC[C@@H](NC1CC2(CCC2)Oc2ccccc21)c1ccccc1. The highest BCUT2D eigenvalue weighted by Crippen LogP contribution is 2.49. The van der Waals surface area contributed by atoms with Crippen LogP contribution in [0.2, 0.25) is 0 Å². The van der Waals surface area contributed by atoms with Crippen LogP contribution in [0.4, 0.5) is 0 Å². The van der Waals surface area contributed by atoms with E-state index < -0.39 is 0 Å². The smallest absolute Gasteiger partial charge is 0.124 e. The van der Waals surface area contributed by atoms with Gasteiger partial charge in [-0.05, 0) is 37.3 Å². The summed E-state index contributed by atoms with van der Waals surface area (Å²) in [6.45, 7) is 0.183. The molecule has 0 radical (unpaired) electrons. The van der Waals surface area contributed by atoms with E-state index in [-0.39, 0.29) is 24.3 Å². The Morgan fingerprint density at radius 2 is 1.83 bits per heavy atom. The van der Waals surface area contributed by atoms with E-state index in [2.05, 4.69) is 53.8 Å². The number of hydrogen-bond donors (Lipinski definition) is 2. The van der Waals surface area contributed by atoms with Crippen LogP contribution in [-0.2, 0) is 0 Å². The van der Waals surface area contributed by atoms with E-state index in [0.29, 0.717) is 0 Å². The van der Waals surface area contributed by atoms with E-state index in [1.807, 2.05) is 6.07 Å². The second-order valence-corrected chi connectivity index (χ2v) is 7.08. The largest absolute Gasteiger partial charge is 0.487 e. The fourth-order valence-electron chi connectivity index (χ4n) is 4.05. The Morgan fingerprint density at radius 1 is 1.08 bits per heavy atom. The van der Waals surface area contributed by atoms with Gasteiger partial charge in [-0.25, -0.2) is 0 Å². The van der Waals surface area contributed by atoms with Crippen molar-refractivity contribution in [1.29, 1.82) is 0 Å². The van der Waals surface area contributed by atoms with Crippen molar-refractivity contribution in [3.8, 4) is 5.75 Å². The summed E-state index contributed by atoms with van der Waals surface area (Å²) in [7, 11) is 0. The monoisotopic (exact) mass is 323 g/mol. The van der Waals surface area contributed by atoms with E-state index in [1.54, 1.807) is 0 Å². The summed E-state index contributed by atoms with van der Waals surface area (Å²) in [6.07, 6.45) is 5.29. The number of aliphatic hydroxyl groups is 1. The third-order valence-corrected chi connectivity index (χ3v) is 5.48. The molecule has 1 saturated carbocycles. The maximum absolute atomic E-state index is 9.52. The second kappa shape index (κ2) is 6.58. The summed E-state index contributed by atoms with van der Waals surface area (Å²) in [5, 5.41) is 13.3. The Bertz CT molecular complexity index is 681. The first-order chi connectivity index (χ1) is 11.8. The van der Waals surface area contributed by atoms with Crippen molar-refractivity contribution < 1.29 is 9.84 Å². The van der Waals surface area contributed by atoms with Crippen LogP contribution in [0, 0.1) is 0 Å². The second-order valence-electron chi connectivity index (χ2n) is 7.08. The van der Waals surface area contributed by atoms with Crippen LogP contribution in [0.1, 0.15) is 55.3 Å².